The Morgan fingerprint density at radius 1 is 1.18 bits per heavy atom. The van der Waals surface area contributed by atoms with Gasteiger partial charge < -0.3 is 5.32 Å². The Morgan fingerprint density at radius 3 is 2.62 bits per heavy atom. The Labute approximate surface area is 205 Å². The second kappa shape index (κ2) is 9.65. The molecule has 176 valence electrons. The maximum atomic E-state index is 13.1. The maximum Gasteiger partial charge on any atom is 0.267 e. The first-order valence-corrected chi connectivity index (χ1v) is 13.2. The van der Waals surface area contributed by atoms with E-state index in [-0.39, 0.29) is 16.2 Å². The van der Waals surface area contributed by atoms with E-state index < -0.39 is 21.4 Å². The zero-order valence-electron chi connectivity index (χ0n) is 18.4. The van der Waals surface area contributed by atoms with Gasteiger partial charge in [0.2, 0.25) is 0 Å². The van der Waals surface area contributed by atoms with Crippen LogP contribution in [-0.4, -0.2) is 41.0 Å². The summed E-state index contributed by atoms with van der Waals surface area (Å²) in [5.41, 5.74) is 1.77. The van der Waals surface area contributed by atoms with Gasteiger partial charge in [0.05, 0.1) is 15.2 Å². The number of pyridine rings is 1. The highest BCUT2D eigenvalue weighted by atomic mass is 35.5. The molecule has 0 aliphatic carbocycles. The van der Waals surface area contributed by atoms with Crippen LogP contribution in [0.3, 0.4) is 0 Å². The second-order valence-corrected chi connectivity index (χ2v) is 11.6. The standard InChI is InChI=1S/C23H21ClN4O4S2/c1-3-25-16-5-6-18-19(11-16)27-14(2)28(23(18)30)21-8-4-15(12-26-21)10-17(29)13-34(31,32)22-9-7-20(24)33-22/h4-9,11-12,25H,3,10,13H2,1-2H3. The van der Waals surface area contributed by atoms with Gasteiger partial charge in [-0.1, -0.05) is 17.7 Å². The topological polar surface area (TPSA) is 111 Å². The molecule has 3 aromatic heterocycles. The summed E-state index contributed by atoms with van der Waals surface area (Å²) in [6.07, 6.45) is 1.37. The number of carbonyl (C=O) groups excluding carboxylic acids is 1. The molecule has 0 bridgehead atoms. The average molecular weight is 517 g/mol. The van der Waals surface area contributed by atoms with Crippen molar-refractivity contribution in [2.24, 2.45) is 0 Å². The number of hydrogen-bond donors (Lipinski definition) is 1. The molecule has 0 amide bonds. The molecule has 1 aromatic carbocycles. The van der Waals surface area contributed by atoms with E-state index in [4.69, 9.17) is 11.6 Å². The minimum Gasteiger partial charge on any atom is -0.385 e. The molecule has 0 saturated heterocycles. The minimum atomic E-state index is -3.74. The van der Waals surface area contributed by atoms with Crippen molar-refractivity contribution in [1.29, 1.82) is 0 Å². The normalized spacial score (nSPS) is 11.6. The van der Waals surface area contributed by atoms with Crippen LogP contribution in [0.1, 0.15) is 18.3 Å². The number of halogens is 1. The third-order valence-corrected chi connectivity index (χ3v) is 8.55. The van der Waals surface area contributed by atoms with Crippen molar-refractivity contribution in [1.82, 2.24) is 14.5 Å². The summed E-state index contributed by atoms with van der Waals surface area (Å²) >= 11 is 6.72. The number of rotatable bonds is 8. The van der Waals surface area contributed by atoms with Crippen molar-refractivity contribution in [2.75, 3.05) is 17.6 Å². The fraction of sp³-hybridized carbons (Fsp3) is 0.217. The molecule has 0 atom stereocenters. The van der Waals surface area contributed by atoms with Crippen molar-refractivity contribution in [3.05, 3.63) is 74.7 Å². The molecule has 3 heterocycles. The van der Waals surface area contributed by atoms with Crippen molar-refractivity contribution in [2.45, 2.75) is 24.5 Å². The zero-order chi connectivity index (χ0) is 24.5. The lowest BCUT2D eigenvalue weighted by molar-refractivity contribution is -0.116. The van der Waals surface area contributed by atoms with Crippen molar-refractivity contribution in [3.63, 3.8) is 0 Å². The lowest BCUT2D eigenvalue weighted by Gasteiger charge is -2.11. The van der Waals surface area contributed by atoms with Crippen LogP contribution in [0.2, 0.25) is 4.34 Å². The summed E-state index contributed by atoms with van der Waals surface area (Å²) in [7, 11) is -3.74. The SMILES string of the molecule is CCNc1ccc2c(=O)n(-c3ccc(CC(=O)CS(=O)(=O)c4ccc(Cl)s4)cn3)c(C)nc2c1. The number of aryl methyl sites for hydroxylation is 1. The molecule has 0 unspecified atom stereocenters. The Morgan fingerprint density at radius 2 is 1.97 bits per heavy atom. The van der Waals surface area contributed by atoms with Crippen molar-refractivity contribution in [3.8, 4) is 5.82 Å². The number of nitrogens with zero attached hydrogens (tertiary/aromatic N) is 3. The molecule has 4 aromatic rings. The summed E-state index contributed by atoms with van der Waals surface area (Å²) in [5, 5.41) is 3.66. The zero-order valence-corrected chi connectivity index (χ0v) is 20.8. The number of Topliss-reactive ketones (excluding diaryl/α,β-unsaturated/α-hetero) is 1. The number of aromatic nitrogens is 3. The van der Waals surface area contributed by atoms with Crippen LogP contribution in [0.5, 0.6) is 0 Å². The number of anilines is 1. The van der Waals surface area contributed by atoms with Gasteiger partial charge in [-0.05, 0) is 55.8 Å². The molecule has 0 saturated carbocycles. The van der Waals surface area contributed by atoms with E-state index >= 15 is 0 Å². The number of nitrogens with one attached hydrogen (secondary N) is 1. The van der Waals surface area contributed by atoms with Gasteiger partial charge in [-0.15, -0.1) is 11.3 Å². The van der Waals surface area contributed by atoms with Crippen LogP contribution in [0, 0.1) is 6.92 Å². The Bertz CT molecular complexity index is 1540. The quantitative estimate of drug-likeness (QED) is 0.379. The molecular weight excluding hydrogens is 496 g/mol. The third kappa shape index (κ3) is 5.03. The Kier molecular flexibility index (Phi) is 6.83. The lowest BCUT2D eigenvalue weighted by Crippen LogP contribution is -2.23. The predicted molar refractivity (Wildman–Crippen MR) is 134 cm³/mol. The van der Waals surface area contributed by atoms with Gasteiger partial charge in [-0.2, -0.15) is 0 Å². The highest BCUT2D eigenvalue weighted by Gasteiger charge is 2.21. The van der Waals surface area contributed by atoms with Crippen LogP contribution < -0.4 is 10.9 Å². The van der Waals surface area contributed by atoms with Crippen LogP contribution >= 0.6 is 22.9 Å². The summed E-state index contributed by atoms with van der Waals surface area (Å²) in [5.74, 6) is -0.239. The van der Waals surface area contributed by atoms with Gasteiger partial charge in [0.25, 0.3) is 5.56 Å². The molecule has 0 aliphatic heterocycles. The van der Waals surface area contributed by atoms with Crippen LogP contribution in [0.4, 0.5) is 5.69 Å². The van der Waals surface area contributed by atoms with Gasteiger partial charge in [0, 0.05) is 24.8 Å². The highest BCUT2D eigenvalue weighted by Crippen LogP contribution is 2.26. The molecule has 0 aliphatic rings. The molecule has 8 nitrogen and oxygen atoms in total. The predicted octanol–water partition coefficient (Wildman–Crippen LogP) is 3.82. The van der Waals surface area contributed by atoms with Crippen molar-refractivity contribution >= 4 is 55.1 Å². The largest absolute Gasteiger partial charge is 0.385 e. The lowest BCUT2D eigenvalue weighted by atomic mass is 10.1. The number of hydrogen-bond acceptors (Lipinski definition) is 8. The van der Waals surface area contributed by atoms with Gasteiger partial charge >= 0.3 is 0 Å². The number of carbonyl (C=O) groups is 1. The first-order chi connectivity index (χ1) is 16.2. The first-order valence-electron chi connectivity index (χ1n) is 10.4. The van der Waals surface area contributed by atoms with Gasteiger partial charge in [0.15, 0.2) is 15.6 Å². The fourth-order valence-electron chi connectivity index (χ4n) is 3.56. The summed E-state index contributed by atoms with van der Waals surface area (Å²) < 4.78 is 26.6. The smallest absolute Gasteiger partial charge is 0.267 e. The molecular formula is C23H21ClN4O4S2. The number of sulfone groups is 1. The van der Waals surface area contributed by atoms with E-state index in [9.17, 15) is 18.0 Å². The Hall–Kier alpha value is -3.08. The van der Waals surface area contributed by atoms with E-state index in [1.54, 1.807) is 25.1 Å². The monoisotopic (exact) mass is 516 g/mol. The van der Waals surface area contributed by atoms with E-state index in [1.807, 2.05) is 19.1 Å². The van der Waals surface area contributed by atoms with Crippen LogP contribution in [-0.2, 0) is 21.1 Å². The van der Waals surface area contributed by atoms with Gasteiger partial charge in [-0.3, -0.25) is 9.59 Å². The van der Waals surface area contributed by atoms with Crippen molar-refractivity contribution < 1.29 is 13.2 Å². The fourth-order valence-corrected chi connectivity index (χ4v) is 6.37. The molecule has 1 N–H and O–H groups in total. The molecule has 0 spiro atoms. The molecule has 0 fully saturated rings. The summed E-state index contributed by atoms with van der Waals surface area (Å²) in [6, 6.07) is 11.5. The first kappa shape index (κ1) is 24.1. The van der Waals surface area contributed by atoms with E-state index in [0.29, 0.717) is 32.4 Å². The van der Waals surface area contributed by atoms with E-state index in [2.05, 4.69) is 15.3 Å². The van der Waals surface area contributed by atoms with Gasteiger partial charge in [-0.25, -0.2) is 23.0 Å². The second-order valence-electron chi connectivity index (χ2n) is 7.62. The number of thiophene rings is 1. The molecule has 11 heteroatoms. The summed E-state index contributed by atoms with van der Waals surface area (Å²) in [6.45, 7) is 4.47. The van der Waals surface area contributed by atoms with Crippen LogP contribution in [0.15, 0.2) is 57.7 Å². The highest BCUT2D eigenvalue weighted by molar-refractivity contribution is 7.94. The minimum absolute atomic E-state index is 0.0653. The third-order valence-electron chi connectivity index (χ3n) is 5.06. The van der Waals surface area contributed by atoms with E-state index in [0.717, 1.165) is 23.6 Å². The maximum absolute atomic E-state index is 13.1. The van der Waals surface area contributed by atoms with Gasteiger partial charge in [0.1, 0.15) is 21.6 Å². The number of fused-ring (bicyclic) bond motifs is 1. The molecule has 4 rings (SSSR count). The molecule has 0 radical (unpaired) electrons. The number of ketones is 1. The number of benzene rings is 1. The summed E-state index contributed by atoms with van der Waals surface area (Å²) in [4.78, 5) is 34.4. The van der Waals surface area contributed by atoms with Crippen LogP contribution in [0.25, 0.3) is 16.7 Å². The Balaban J connectivity index is 1.55. The van der Waals surface area contributed by atoms with E-state index in [1.165, 1.54) is 22.9 Å². The average Bonchev–Trinajstić information content (AvgIpc) is 3.22. The molecule has 34 heavy (non-hydrogen) atoms.